The predicted octanol–water partition coefficient (Wildman–Crippen LogP) is 4.23. The Bertz CT molecular complexity index is 349. The summed E-state index contributed by atoms with van der Waals surface area (Å²) >= 11 is 4.55. The van der Waals surface area contributed by atoms with Crippen molar-refractivity contribution in [3.8, 4) is 0 Å². The molecule has 0 fully saturated rings. The molecule has 0 unspecified atom stereocenters. The van der Waals surface area contributed by atoms with Gasteiger partial charge in [0.05, 0.1) is 5.02 Å². The van der Waals surface area contributed by atoms with Crippen LogP contribution in [0.1, 0.15) is 0 Å². The normalized spacial score (nSPS) is 11.9. The Morgan fingerprint density at radius 2 is 1.71 bits per heavy atom. The molecular formula is C7H2ClF5S. The molecule has 78 valence electrons. The van der Waals surface area contributed by atoms with E-state index in [0.29, 0.717) is 12.1 Å². The molecule has 0 saturated carbocycles. The Balaban J connectivity index is 3.09. The van der Waals surface area contributed by atoms with Gasteiger partial charge in [0.1, 0.15) is 11.6 Å². The van der Waals surface area contributed by atoms with Gasteiger partial charge in [-0.05, 0) is 17.8 Å². The van der Waals surface area contributed by atoms with Crippen molar-refractivity contribution in [1.82, 2.24) is 0 Å². The van der Waals surface area contributed by atoms with Crippen LogP contribution in [0.5, 0.6) is 0 Å². The molecule has 0 aliphatic carbocycles. The SMILES string of the molecule is Fc1cc(F)c(Cl)c(SC(F)(F)F)c1. The lowest BCUT2D eigenvalue weighted by atomic mass is 10.3. The Morgan fingerprint density at radius 1 is 1.14 bits per heavy atom. The Kier molecular flexibility index (Phi) is 3.26. The van der Waals surface area contributed by atoms with Gasteiger partial charge in [0.15, 0.2) is 0 Å². The average molecular weight is 249 g/mol. The summed E-state index contributed by atoms with van der Waals surface area (Å²) in [6.45, 7) is 0. The van der Waals surface area contributed by atoms with Gasteiger partial charge in [-0.1, -0.05) is 11.6 Å². The van der Waals surface area contributed by atoms with E-state index < -0.39 is 38.8 Å². The number of thioether (sulfide) groups is 1. The van der Waals surface area contributed by atoms with Crippen LogP contribution in [0.2, 0.25) is 5.02 Å². The summed E-state index contributed by atoms with van der Waals surface area (Å²) in [7, 11) is 0. The molecule has 1 rings (SSSR count). The topological polar surface area (TPSA) is 0 Å². The van der Waals surface area contributed by atoms with E-state index in [0.717, 1.165) is 0 Å². The summed E-state index contributed by atoms with van der Waals surface area (Å²) in [6, 6.07) is 0.951. The van der Waals surface area contributed by atoms with Crippen molar-refractivity contribution in [1.29, 1.82) is 0 Å². The molecule has 0 bridgehead atoms. The van der Waals surface area contributed by atoms with E-state index >= 15 is 0 Å². The van der Waals surface area contributed by atoms with Gasteiger partial charge in [0.2, 0.25) is 0 Å². The van der Waals surface area contributed by atoms with Crippen molar-refractivity contribution in [3.63, 3.8) is 0 Å². The predicted molar refractivity (Wildman–Crippen MR) is 43.3 cm³/mol. The first-order valence-electron chi connectivity index (χ1n) is 3.20. The minimum Gasteiger partial charge on any atom is -0.207 e. The number of hydrogen-bond donors (Lipinski definition) is 0. The van der Waals surface area contributed by atoms with Crippen LogP contribution in [0.4, 0.5) is 22.0 Å². The summed E-state index contributed by atoms with van der Waals surface area (Å²) in [4.78, 5) is -0.684. The zero-order valence-corrected chi connectivity index (χ0v) is 7.90. The van der Waals surface area contributed by atoms with Crippen molar-refractivity contribution in [2.75, 3.05) is 0 Å². The van der Waals surface area contributed by atoms with Crippen LogP contribution in [0, 0.1) is 11.6 Å². The number of hydrogen-bond acceptors (Lipinski definition) is 1. The third-order valence-electron chi connectivity index (χ3n) is 1.19. The second kappa shape index (κ2) is 3.94. The summed E-state index contributed by atoms with van der Waals surface area (Å²) in [5, 5.41) is -0.728. The number of alkyl halides is 3. The molecule has 0 amide bonds. The minimum atomic E-state index is -4.62. The maximum Gasteiger partial charge on any atom is 0.446 e. The molecule has 0 aromatic heterocycles. The molecule has 0 aliphatic heterocycles. The molecule has 0 aliphatic rings. The molecule has 1 aromatic rings. The van der Waals surface area contributed by atoms with Crippen LogP contribution in [0.25, 0.3) is 0 Å². The lowest BCUT2D eigenvalue weighted by Gasteiger charge is -2.07. The molecule has 0 N–H and O–H groups in total. The maximum atomic E-state index is 12.7. The minimum absolute atomic E-state index is 0.419. The van der Waals surface area contributed by atoms with Crippen LogP contribution >= 0.6 is 23.4 Å². The number of benzene rings is 1. The Labute approximate surface area is 85.1 Å². The third kappa shape index (κ3) is 3.02. The van der Waals surface area contributed by atoms with Gasteiger partial charge >= 0.3 is 5.51 Å². The van der Waals surface area contributed by atoms with E-state index in [1.807, 2.05) is 0 Å². The van der Waals surface area contributed by atoms with Gasteiger partial charge < -0.3 is 0 Å². The Hall–Kier alpha value is -0.490. The summed E-state index contributed by atoms with van der Waals surface area (Å²) in [5.41, 5.74) is -4.62. The molecule has 0 nitrogen and oxygen atoms in total. The molecule has 1 aromatic carbocycles. The van der Waals surface area contributed by atoms with E-state index in [9.17, 15) is 22.0 Å². The third-order valence-corrected chi connectivity index (χ3v) is 2.45. The van der Waals surface area contributed by atoms with Gasteiger partial charge in [-0.3, -0.25) is 0 Å². The van der Waals surface area contributed by atoms with E-state index in [-0.39, 0.29) is 0 Å². The molecule has 0 spiro atoms. The standard InChI is InChI=1S/C7H2ClF5S/c8-6-4(10)1-3(9)2-5(6)14-7(11,12)13/h1-2H. The zero-order valence-electron chi connectivity index (χ0n) is 6.33. The average Bonchev–Trinajstić information content (AvgIpc) is 1.96. The highest BCUT2D eigenvalue weighted by Crippen LogP contribution is 2.41. The smallest absolute Gasteiger partial charge is 0.207 e. The van der Waals surface area contributed by atoms with E-state index in [4.69, 9.17) is 11.6 Å². The largest absolute Gasteiger partial charge is 0.446 e. The summed E-state index contributed by atoms with van der Waals surface area (Å²) in [5.74, 6) is -2.31. The fourth-order valence-corrected chi connectivity index (χ4v) is 1.56. The highest BCUT2D eigenvalue weighted by molar-refractivity contribution is 8.00. The van der Waals surface area contributed by atoms with Crippen LogP contribution in [0.15, 0.2) is 17.0 Å². The van der Waals surface area contributed by atoms with E-state index in [1.54, 1.807) is 0 Å². The molecule has 0 saturated heterocycles. The fraction of sp³-hybridized carbons (Fsp3) is 0.143. The number of halogens is 6. The molecule has 0 radical (unpaired) electrons. The first-order chi connectivity index (χ1) is 6.29. The monoisotopic (exact) mass is 248 g/mol. The summed E-state index contributed by atoms with van der Waals surface area (Å²) in [6.07, 6.45) is 0. The van der Waals surface area contributed by atoms with Crippen molar-refractivity contribution in [2.24, 2.45) is 0 Å². The maximum absolute atomic E-state index is 12.7. The van der Waals surface area contributed by atoms with Crippen molar-refractivity contribution < 1.29 is 22.0 Å². The van der Waals surface area contributed by atoms with Crippen LogP contribution < -0.4 is 0 Å². The molecule has 14 heavy (non-hydrogen) atoms. The van der Waals surface area contributed by atoms with Crippen LogP contribution in [-0.4, -0.2) is 5.51 Å². The zero-order chi connectivity index (χ0) is 10.9. The highest BCUT2D eigenvalue weighted by atomic mass is 35.5. The number of rotatable bonds is 1. The van der Waals surface area contributed by atoms with Gasteiger partial charge in [0, 0.05) is 11.0 Å². The van der Waals surface area contributed by atoms with Gasteiger partial charge in [-0.15, -0.1) is 0 Å². The first-order valence-corrected chi connectivity index (χ1v) is 4.39. The fourth-order valence-electron chi connectivity index (χ4n) is 0.731. The first kappa shape index (κ1) is 11.6. The quantitative estimate of drug-likeness (QED) is 0.407. The van der Waals surface area contributed by atoms with Crippen molar-refractivity contribution in [2.45, 2.75) is 10.4 Å². The molecule has 0 atom stereocenters. The lowest BCUT2D eigenvalue weighted by molar-refractivity contribution is -0.0328. The highest BCUT2D eigenvalue weighted by Gasteiger charge is 2.31. The van der Waals surface area contributed by atoms with E-state index in [1.165, 1.54) is 0 Å². The van der Waals surface area contributed by atoms with Crippen molar-refractivity contribution >= 4 is 23.4 Å². The second-order valence-electron chi connectivity index (χ2n) is 2.25. The van der Waals surface area contributed by atoms with Gasteiger partial charge in [0.25, 0.3) is 0 Å². The lowest BCUT2D eigenvalue weighted by Crippen LogP contribution is -2.00. The molecular weight excluding hydrogens is 247 g/mol. The van der Waals surface area contributed by atoms with Gasteiger partial charge in [-0.2, -0.15) is 13.2 Å². The van der Waals surface area contributed by atoms with Crippen molar-refractivity contribution in [3.05, 3.63) is 28.8 Å². The Morgan fingerprint density at radius 3 is 2.21 bits per heavy atom. The van der Waals surface area contributed by atoms with Crippen LogP contribution in [-0.2, 0) is 0 Å². The second-order valence-corrected chi connectivity index (χ2v) is 3.73. The molecule has 7 heteroatoms. The molecule has 0 heterocycles. The summed E-state index contributed by atoms with van der Waals surface area (Å²) < 4.78 is 60.7. The van der Waals surface area contributed by atoms with E-state index in [2.05, 4.69) is 0 Å². The van der Waals surface area contributed by atoms with Gasteiger partial charge in [-0.25, -0.2) is 8.78 Å². The van der Waals surface area contributed by atoms with Crippen LogP contribution in [0.3, 0.4) is 0 Å².